The largest absolute Gasteiger partial charge is 0.309 e. The van der Waals surface area contributed by atoms with Gasteiger partial charge in [0.1, 0.15) is 0 Å². The Kier molecular flexibility index (Phi) is 6.18. The lowest BCUT2D eigenvalue weighted by Gasteiger charge is -2.12. The molecule has 0 amide bonds. The molecule has 90 valence electrons. The first-order valence-corrected chi connectivity index (χ1v) is 8.27. The van der Waals surface area contributed by atoms with E-state index in [1.54, 1.807) is 6.26 Å². The minimum atomic E-state index is -0.741. The third kappa shape index (κ3) is 5.08. The molecule has 2 unspecified atom stereocenters. The fourth-order valence-corrected chi connectivity index (χ4v) is 2.85. The Morgan fingerprint density at radius 1 is 1.38 bits per heavy atom. The van der Waals surface area contributed by atoms with Crippen molar-refractivity contribution in [2.45, 2.75) is 19.5 Å². The second-order valence-electron chi connectivity index (χ2n) is 3.77. The van der Waals surface area contributed by atoms with Gasteiger partial charge in [0.25, 0.3) is 0 Å². The molecule has 0 aliphatic carbocycles. The fraction of sp³-hybridized carbons (Fsp3) is 0.455. The van der Waals surface area contributed by atoms with E-state index in [1.807, 2.05) is 6.07 Å². The van der Waals surface area contributed by atoms with Gasteiger partial charge in [0, 0.05) is 44.3 Å². The molecule has 16 heavy (non-hydrogen) atoms. The second-order valence-corrected chi connectivity index (χ2v) is 6.96. The van der Waals surface area contributed by atoms with Gasteiger partial charge in [0.2, 0.25) is 0 Å². The summed E-state index contributed by atoms with van der Waals surface area (Å²) in [5.41, 5.74) is 1.21. The molecule has 0 saturated carbocycles. The summed E-state index contributed by atoms with van der Waals surface area (Å²) in [6, 6.07) is 6.43. The lowest BCUT2D eigenvalue weighted by Crippen LogP contribution is -2.30. The molecule has 1 aromatic carbocycles. The normalized spacial score (nSPS) is 14.8. The van der Waals surface area contributed by atoms with Crippen molar-refractivity contribution in [3.8, 4) is 0 Å². The molecule has 2 nitrogen and oxygen atoms in total. The number of hydrogen-bond acceptors (Lipinski definition) is 2. The quantitative estimate of drug-likeness (QED) is 0.865. The lowest BCUT2D eigenvalue weighted by atomic mass is 10.2. The Balaban J connectivity index is 2.48. The maximum atomic E-state index is 11.0. The third-order valence-electron chi connectivity index (χ3n) is 2.12. The van der Waals surface area contributed by atoms with E-state index < -0.39 is 10.8 Å². The number of hydrogen-bond donors (Lipinski definition) is 1. The van der Waals surface area contributed by atoms with E-state index >= 15 is 0 Å². The molecule has 5 heteroatoms. The number of rotatable bonds is 5. The minimum Gasteiger partial charge on any atom is -0.309 e. The molecule has 0 radical (unpaired) electrons. The van der Waals surface area contributed by atoms with E-state index in [9.17, 15) is 4.21 Å². The Labute approximate surface area is 116 Å². The van der Waals surface area contributed by atoms with E-state index in [1.165, 1.54) is 5.56 Å². The number of halogens is 2. The zero-order chi connectivity index (χ0) is 12.1. The summed E-state index contributed by atoms with van der Waals surface area (Å²) in [6.07, 6.45) is 1.73. The summed E-state index contributed by atoms with van der Waals surface area (Å²) >= 11 is 6.90. The average Bonchev–Trinajstić information content (AvgIpc) is 2.19. The highest BCUT2D eigenvalue weighted by Gasteiger charge is 2.04. The molecule has 0 aliphatic rings. The van der Waals surface area contributed by atoms with Gasteiger partial charge in [-0.1, -0.05) is 6.07 Å². The second kappa shape index (κ2) is 6.89. The van der Waals surface area contributed by atoms with Gasteiger partial charge >= 0.3 is 0 Å². The summed E-state index contributed by atoms with van der Waals surface area (Å²) in [4.78, 5) is 0. The average molecular weight is 369 g/mol. The van der Waals surface area contributed by atoms with Crippen molar-refractivity contribution in [3.63, 3.8) is 0 Å². The SMILES string of the molecule is CC(CS(C)=O)NCc1ccc(Br)c(Br)c1. The van der Waals surface area contributed by atoms with Gasteiger partial charge in [-0.2, -0.15) is 0 Å². The van der Waals surface area contributed by atoms with Crippen LogP contribution in [0.5, 0.6) is 0 Å². The Hall–Kier alpha value is 0.290. The molecule has 1 rings (SSSR count). The summed E-state index contributed by atoms with van der Waals surface area (Å²) < 4.78 is 13.1. The van der Waals surface area contributed by atoms with E-state index in [2.05, 4.69) is 56.2 Å². The Bertz CT molecular complexity index is 384. The summed E-state index contributed by atoms with van der Waals surface area (Å²) in [5.74, 6) is 0.692. The van der Waals surface area contributed by atoms with Crippen LogP contribution in [0.25, 0.3) is 0 Å². The van der Waals surface area contributed by atoms with Crippen LogP contribution >= 0.6 is 31.9 Å². The predicted molar refractivity (Wildman–Crippen MR) is 77.1 cm³/mol. The lowest BCUT2D eigenvalue weighted by molar-refractivity contribution is 0.587. The molecular weight excluding hydrogens is 354 g/mol. The smallest absolute Gasteiger partial charge is 0.0383 e. The van der Waals surface area contributed by atoms with Crippen molar-refractivity contribution in [2.24, 2.45) is 0 Å². The molecule has 0 aromatic heterocycles. The molecule has 2 atom stereocenters. The van der Waals surface area contributed by atoms with Gasteiger partial charge in [-0.15, -0.1) is 0 Å². The first-order chi connectivity index (χ1) is 7.49. The van der Waals surface area contributed by atoms with Gasteiger partial charge in [-0.25, -0.2) is 0 Å². The first-order valence-electron chi connectivity index (χ1n) is 4.96. The van der Waals surface area contributed by atoms with Crippen LogP contribution in [0.15, 0.2) is 27.1 Å². The van der Waals surface area contributed by atoms with Crippen LogP contribution in [-0.2, 0) is 17.3 Å². The van der Waals surface area contributed by atoms with Crippen molar-refractivity contribution in [3.05, 3.63) is 32.7 Å². The summed E-state index contributed by atoms with van der Waals surface area (Å²) in [5, 5.41) is 3.35. The monoisotopic (exact) mass is 367 g/mol. The fourth-order valence-electron chi connectivity index (χ4n) is 1.35. The molecule has 0 bridgehead atoms. The molecule has 0 fully saturated rings. The molecule has 1 aromatic rings. The molecule has 0 saturated heterocycles. The van der Waals surface area contributed by atoms with Gasteiger partial charge in [0.05, 0.1) is 0 Å². The van der Waals surface area contributed by atoms with Gasteiger partial charge < -0.3 is 5.32 Å². The van der Waals surface area contributed by atoms with Crippen LogP contribution in [0.2, 0.25) is 0 Å². The molecular formula is C11H15Br2NOS. The van der Waals surface area contributed by atoms with Gasteiger partial charge in [0.15, 0.2) is 0 Å². The van der Waals surface area contributed by atoms with Crippen LogP contribution in [0.1, 0.15) is 12.5 Å². The Morgan fingerprint density at radius 3 is 2.62 bits per heavy atom. The zero-order valence-corrected chi connectivity index (χ0v) is 13.3. The maximum Gasteiger partial charge on any atom is 0.0383 e. The number of nitrogens with one attached hydrogen (secondary N) is 1. The molecule has 0 spiro atoms. The molecule has 0 aliphatic heterocycles. The van der Waals surface area contributed by atoms with Crippen LogP contribution in [0, 0.1) is 0 Å². The number of benzene rings is 1. The van der Waals surface area contributed by atoms with Gasteiger partial charge in [-0.3, -0.25) is 4.21 Å². The standard InChI is InChI=1S/C11H15Br2NOS/c1-8(7-16(2)15)14-6-9-3-4-10(12)11(13)5-9/h3-5,8,14H,6-7H2,1-2H3. The van der Waals surface area contributed by atoms with Crippen LogP contribution < -0.4 is 5.32 Å². The van der Waals surface area contributed by atoms with Crippen molar-refractivity contribution >= 4 is 42.7 Å². The molecule has 0 heterocycles. The highest BCUT2D eigenvalue weighted by atomic mass is 79.9. The van der Waals surface area contributed by atoms with Crippen molar-refractivity contribution in [1.29, 1.82) is 0 Å². The van der Waals surface area contributed by atoms with Crippen molar-refractivity contribution in [1.82, 2.24) is 5.32 Å². The predicted octanol–water partition coefficient (Wildman–Crippen LogP) is 3.07. The van der Waals surface area contributed by atoms with E-state index in [0.717, 1.165) is 15.5 Å². The van der Waals surface area contributed by atoms with Crippen LogP contribution in [-0.4, -0.2) is 22.3 Å². The van der Waals surface area contributed by atoms with Crippen molar-refractivity contribution in [2.75, 3.05) is 12.0 Å². The topological polar surface area (TPSA) is 29.1 Å². The zero-order valence-electron chi connectivity index (χ0n) is 9.30. The summed E-state index contributed by atoms with van der Waals surface area (Å²) in [7, 11) is -0.741. The van der Waals surface area contributed by atoms with E-state index in [0.29, 0.717) is 5.75 Å². The highest BCUT2D eigenvalue weighted by molar-refractivity contribution is 9.13. The summed E-state index contributed by atoms with van der Waals surface area (Å²) in [6.45, 7) is 2.85. The van der Waals surface area contributed by atoms with E-state index in [-0.39, 0.29) is 6.04 Å². The Morgan fingerprint density at radius 2 is 2.06 bits per heavy atom. The molecule has 1 N–H and O–H groups in total. The third-order valence-corrected chi connectivity index (χ3v) is 4.97. The van der Waals surface area contributed by atoms with Crippen LogP contribution in [0.3, 0.4) is 0 Å². The maximum absolute atomic E-state index is 11.0. The van der Waals surface area contributed by atoms with Crippen molar-refractivity contribution < 1.29 is 4.21 Å². The van der Waals surface area contributed by atoms with Crippen LogP contribution in [0.4, 0.5) is 0 Å². The minimum absolute atomic E-state index is 0.272. The van der Waals surface area contributed by atoms with Gasteiger partial charge in [-0.05, 0) is 56.5 Å². The highest BCUT2D eigenvalue weighted by Crippen LogP contribution is 2.23. The van der Waals surface area contributed by atoms with E-state index in [4.69, 9.17) is 0 Å². The first kappa shape index (κ1) is 14.4.